The second-order valence-electron chi connectivity index (χ2n) is 5.94. The predicted octanol–water partition coefficient (Wildman–Crippen LogP) is 2.01. The van der Waals surface area contributed by atoms with Crippen LogP contribution in [-0.2, 0) is 14.8 Å². The van der Waals surface area contributed by atoms with Gasteiger partial charge < -0.3 is 4.74 Å². The molecule has 1 aromatic rings. The van der Waals surface area contributed by atoms with E-state index in [1.807, 2.05) is 11.4 Å². The first-order valence-electron chi connectivity index (χ1n) is 8.03. The van der Waals surface area contributed by atoms with Gasteiger partial charge in [-0.1, -0.05) is 12.5 Å². The molecule has 7 heteroatoms. The molecule has 2 aliphatic heterocycles. The highest BCUT2D eigenvalue weighted by molar-refractivity contribution is 7.91. The summed E-state index contributed by atoms with van der Waals surface area (Å²) in [5.74, 6) is 0. The van der Waals surface area contributed by atoms with E-state index in [2.05, 4.69) is 4.90 Å². The Balaban J connectivity index is 1.66. The molecule has 124 valence electrons. The van der Waals surface area contributed by atoms with Crippen LogP contribution in [0, 0.1) is 0 Å². The smallest absolute Gasteiger partial charge is 0.252 e. The maximum atomic E-state index is 12.8. The third kappa shape index (κ3) is 3.71. The van der Waals surface area contributed by atoms with Crippen molar-refractivity contribution in [2.75, 3.05) is 39.4 Å². The molecule has 1 atom stereocenters. The lowest BCUT2D eigenvalue weighted by atomic mass is 10.0. The number of sulfonamides is 1. The molecule has 1 aromatic heterocycles. The van der Waals surface area contributed by atoms with E-state index in [0.29, 0.717) is 10.8 Å². The van der Waals surface area contributed by atoms with Crippen LogP contribution in [0.2, 0.25) is 0 Å². The van der Waals surface area contributed by atoms with Crippen molar-refractivity contribution < 1.29 is 13.2 Å². The second kappa shape index (κ2) is 7.40. The van der Waals surface area contributed by atoms with Gasteiger partial charge in [0, 0.05) is 25.7 Å². The summed E-state index contributed by atoms with van der Waals surface area (Å²) in [6, 6.07) is 3.67. The molecule has 0 N–H and O–H groups in total. The number of morpholine rings is 1. The van der Waals surface area contributed by atoms with E-state index < -0.39 is 10.0 Å². The second-order valence-corrected chi connectivity index (χ2v) is 9.01. The summed E-state index contributed by atoms with van der Waals surface area (Å²) in [5.41, 5.74) is 0. The van der Waals surface area contributed by atoms with Crippen molar-refractivity contribution in [1.29, 1.82) is 0 Å². The SMILES string of the molecule is O=S(=O)(c1cccs1)N1CCCC[C@H]1CCN1CCOCC1. The molecule has 2 fully saturated rings. The Morgan fingerprint density at radius 2 is 2.05 bits per heavy atom. The first-order chi connectivity index (χ1) is 10.7. The van der Waals surface area contributed by atoms with Crippen LogP contribution in [0.3, 0.4) is 0 Å². The molecule has 0 aliphatic carbocycles. The van der Waals surface area contributed by atoms with Crippen LogP contribution < -0.4 is 0 Å². The standard InChI is InChI=1S/C15H24N2O3S2/c18-22(19,15-5-3-13-21-15)17-7-2-1-4-14(17)6-8-16-9-11-20-12-10-16/h3,5,13-14H,1-2,4,6-12H2/t14-/m0/s1. The zero-order chi connectivity index (χ0) is 15.4. The van der Waals surface area contributed by atoms with Crippen LogP contribution in [0.1, 0.15) is 25.7 Å². The van der Waals surface area contributed by atoms with Crippen molar-refractivity contribution in [3.8, 4) is 0 Å². The van der Waals surface area contributed by atoms with Crippen LogP contribution in [-0.4, -0.2) is 63.1 Å². The van der Waals surface area contributed by atoms with Crippen molar-refractivity contribution in [3.63, 3.8) is 0 Å². The molecule has 2 aliphatic rings. The van der Waals surface area contributed by atoms with Crippen molar-refractivity contribution in [3.05, 3.63) is 17.5 Å². The minimum absolute atomic E-state index is 0.142. The van der Waals surface area contributed by atoms with Crippen LogP contribution in [0.5, 0.6) is 0 Å². The summed E-state index contributed by atoms with van der Waals surface area (Å²) in [7, 11) is -3.31. The summed E-state index contributed by atoms with van der Waals surface area (Å²) in [5, 5.41) is 1.83. The summed E-state index contributed by atoms with van der Waals surface area (Å²) < 4.78 is 33.2. The van der Waals surface area contributed by atoms with Gasteiger partial charge in [-0.2, -0.15) is 4.31 Å². The van der Waals surface area contributed by atoms with Crippen molar-refractivity contribution in [2.45, 2.75) is 35.9 Å². The van der Waals surface area contributed by atoms with Gasteiger partial charge in [0.05, 0.1) is 13.2 Å². The van der Waals surface area contributed by atoms with E-state index >= 15 is 0 Å². The Hall–Kier alpha value is -0.470. The highest BCUT2D eigenvalue weighted by atomic mass is 32.2. The largest absolute Gasteiger partial charge is 0.379 e. The number of thiophene rings is 1. The van der Waals surface area contributed by atoms with Gasteiger partial charge in [0.2, 0.25) is 0 Å². The maximum Gasteiger partial charge on any atom is 0.252 e. The molecule has 5 nitrogen and oxygen atoms in total. The third-order valence-corrected chi connectivity index (χ3v) is 7.84. The van der Waals surface area contributed by atoms with Gasteiger partial charge >= 0.3 is 0 Å². The molecule has 0 spiro atoms. The fourth-order valence-corrected chi connectivity index (χ4v) is 6.10. The number of nitrogens with zero attached hydrogens (tertiary/aromatic N) is 2. The van der Waals surface area contributed by atoms with Gasteiger partial charge in [-0.05, 0) is 37.3 Å². The first kappa shape index (κ1) is 16.4. The van der Waals surface area contributed by atoms with Gasteiger partial charge in [-0.3, -0.25) is 4.90 Å². The first-order valence-corrected chi connectivity index (χ1v) is 10.4. The molecule has 2 saturated heterocycles. The minimum Gasteiger partial charge on any atom is -0.379 e. The van der Waals surface area contributed by atoms with Crippen LogP contribution >= 0.6 is 11.3 Å². The number of piperidine rings is 1. The van der Waals surface area contributed by atoms with Crippen LogP contribution in [0.25, 0.3) is 0 Å². The lowest BCUT2D eigenvalue weighted by Gasteiger charge is -2.36. The van der Waals surface area contributed by atoms with Crippen molar-refractivity contribution in [2.24, 2.45) is 0 Å². The number of hydrogen-bond acceptors (Lipinski definition) is 5. The summed E-state index contributed by atoms with van der Waals surface area (Å²) in [4.78, 5) is 2.38. The Kier molecular flexibility index (Phi) is 5.51. The van der Waals surface area contributed by atoms with E-state index in [9.17, 15) is 8.42 Å². The molecule has 0 bridgehead atoms. The molecule has 3 heterocycles. The highest BCUT2D eigenvalue weighted by Gasteiger charge is 2.34. The average Bonchev–Trinajstić information content (AvgIpc) is 3.09. The van der Waals surface area contributed by atoms with E-state index in [1.165, 1.54) is 11.3 Å². The average molecular weight is 345 g/mol. The lowest BCUT2D eigenvalue weighted by molar-refractivity contribution is 0.0340. The lowest BCUT2D eigenvalue weighted by Crippen LogP contribution is -2.46. The van der Waals surface area contributed by atoms with Crippen LogP contribution in [0.15, 0.2) is 21.7 Å². The molecule has 0 amide bonds. The monoisotopic (exact) mass is 344 g/mol. The number of rotatable bonds is 5. The third-order valence-electron chi connectivity index (χ3n) is 4.51. The molecular formula is C15H24N2O3S2. The highest BCUT2D eigenvalue weighted by Crippen LogP contribution is 2.29. The van der Waals surface area contributed by atoms with Gasteiger partial charge in [0.25, 0.3) is 10.0 Å². The van der Waals surface area contributed by atoms with Gasteiger partial charge in [0.1, 0.15) is 4.21 Å². The molecule has 3 rings (SSSR count). The zero-order valence-corrected chi connectivity index (χ0v) is 14.4. The Bertz CT molecular complexity index is 553. The Labute approximate surface area is 136 Å². The zero-order valence-electron chi connectivity index (χ0n) is 12.8. The van der Waals surface area contributed by atoms with Crippen molar-refractivity contribution >= 4 is 21.4 Å². The summed E-state index contributed by atoms with van der Waals surface area (Å²) in [6.07, 6.45) is 4.00. The van der Waals surface area contributed by atoms with Gasteiger partial charge in [0.15, 0.2) is 0 Å². The molecule has 0 saturated carbocycles. The predicted molar refractivity (Wildman–Crippen MR) is 87.7 cm³/mol. The van der Waals surface area contributed by atoms with Gasteiger partial charge in [-0.25, -0.2) is 8.42 Å². The van der Waals surface area contributed by atoms with Crippen molar-refractivity contribution in [1.82, 2.24) is 9.21 Å². The summed E-state index contributed by atoms with van der Waals surface area (Å²) >= 11 is 1.32. The Morgan fingerprint density at radius 1 is 1.23 bits per heavy atom. The molecule has 0 aromatic carbocycles. The van der Waals surface area contributed by atoms with E-state index in [-0.39, 0.29) is 6.04 Å². The summed E-state index contributed by atoms with van der Waals surface area (Å²) in [6.45, 7) is 5.14. The van der Waals surface area contributed by atoms with E-state index in [0.717, 1.165) is 58.5 Å². The number of ether oxygens (including phenoxy) is 1. The fourth-order valence-electron chi connectivity index (χ4n) is 3.26. The molecular weight excluding hydrogens is 320 g/mol. The van der Waals surface area contributed by atoms with E-state index in [1.54, 1.807) is 10.4 Å². The fraction of sp³-hybridized carbons (Fsp3) is 0.733. The van der Waals surface area contributed by atoms with Gasteiger partial charge in [-0.15, -0.1) is 11.3 Å². The van der Waals surface area contributed by atoms with Crippen LogP contribution in [0.4, 0.5) is 0 Å². The molecule has 22 heavy (non-hydrogen) atoms. The van der Waals surface area contributed by atoms with E-state index in [4.69, 9.17) is 4.74 Å². The Morgan fingerprint density at radius 3 is 2.77 bits per heavy atom. The molecule has 0 unspecified atom stereocenters. The quantitative estimate of drug-likeness (QED) is 0.820. The minimum atomic E-state index is -3.31. The molecule has 0 radical (unpaired) electrons. The number of hydrogen-bond donors (Lipinski definition) is 0. The topological polar surface area (TPSA) is 49.9 Å². The maximum absolute atomic E-state index is 12.8. The normalized spacial score (nSPS) is 25.4.